The summed E-state index contributed by atoms with van der Waals surface area (Å²) in [6, 6.07) is 16.0. The molecule has 0 aromatic heterocycles. The average molecular weight is 509 g/mol. The van der Waals surface area contributed by atoms with Crippen molar-refractivity contribution in [3.8, 4) is 11.5 Å². The van der Waals surface area contributed by atoms with Gasteiger partial charge < -0.3 is 14.4 Å². The molecule has 0 aliphatic carbocycles. The zero-order valence-electron chi connectivity index (χ0n) is 19.1. The number of sulfonamides is 1. The fourth-order valence-electron chi connectivity index (χ4n) is 3.28. The van der Waals surface area contributed by atoms with Crippen molar-refractivity contribution >= 4 is 27.3 Å². The van der Waals surface area contributed by atoms with Gasteiger partial charge in [-0.1, -0.05) is 24.3 Å². The Labute approximate surface area is 201 Å². The number of alkyl halides is 3. The number of nitrogens with zero attached hydrogens (tertiary/aromatic N) is 2. The molecule has 0 aliphatic heterocycles. The lowest BCUT2D eigenvalue weighted by Crippen LogP contribution is -2.41. The molecule has 0 saturated heterocycles. The number of halogens is 3. The molecule has 11 heteroatoms. The second kappa shape index (κ2) is 10.3. The lowest BCUT2D eigenvalue weighted by Gasteiger charge is -2.27. The van der Waals surface area contributed by atoms with Crippen LogP contribution in [0.4, 0.5) is 24.5 Å². The largest absolute Gasteiger partial charge is 0.493 e. The van der Waals surface area contributed by atoms with Crippen LogP contribution in [0.25, 0.3) is 0 Å². The molecule has 0 unspecified atom stereocenters. The Balaban J connectivity index is 2.10. The summed E-state index contributed by atoms with van der Waals surface area (Å²) < 4.78 is 78.3. The van der Waals surface area contributed by atoms with Crippen LogP contribution in [-0.4, -0.2) is 42.1 Å². The van der Waals surface area contributed by atoms with Crippen molar-refractivity contribution in [1.29, 1.82) is 0 Å². The zero-order chi connectivity index (χ0) is 25.8. The monoisotopic (exact) mass is 508 g/mol. The smallest absolute Gasteiger partial charge is 0.416 e. The molecule has 0 spiro atoms. The van der Waals surface area contributed by atoms with E-state index in [0.717, 1.165) is 12.1 Å². The van der Waals surface area contributed by atoms with Gasteiger partial charge in [0.05, 0.1) is 30.4 Å². The van der Waals surface area contributed by atoms with Crippen molar-refractivity contribution in [2.75, 3.05) is 37.0 Å². The van der Waals surface area contributed by atoms with Crippen LogP contribution in [0.5, 0.6) is 11.5 Å². The molecule has 7 nitrogen and oxygen atoms in total. The highest BCUT2D eigenvalue weighted by Crippen LogP contribution is 2.35. The minimum Gasteiger partial charge on any atom is -0.493 e. The molecular formula is C24H23F3N2O5S. The molecule has 35 heavy (non-hydrogen) atoms. The van der Waals surface area contributed by atoms with E-state index in [2.05, 4.69) is 0 Å². The number of hydrogen-bond donors (Lipinski definition) is 0. The SMILES string of the molecule is COc1ccc(S(=O)(=O)N(CC(=O)N(C)c2ccccc2)c2cccc(C(F)(F)F)c2)cc1OC. The maximum absolute atomic E-state index is 13.6. The first-order valence-electron chi connectivity index (χ1n) is 10.2. The van der Waals surface area contributed by atoms with Gasteiger partial charge in [-0.15, -0.1) is 0 Å². The molecule has 0 radical (unpaired) electrons. The van der Waals surface area contributed by atoms with Crippen LogP contribution in [0.1, 0.15) is 5.56 Å². The zero-order valence-corrected chi connectivity index (χ0v) is 19.9. The molecule has 3 aromatic rings. The molecule has 0 bridgehead atoms. The summed E-state index contributed by atoms with van der Waals surface area (Å²) in [6.07, 6.45) is -4.71. The van der Waals surface area contributed by atoms with E-state index in [-0.39, 0.29) is 22.1 Å². The van der Waals surface area contributed by atoms with E-state index < -0.39 is 34.2 Å². The third-order valence-electron chi connectivity index (χ3n) is 5.20. The first kappa shape index (κ1) is 25.9. The molecule has 0 fully saturated rings. The van der Waals surface area contributed by atoms with Crippen molar-refractivity contribution < 1.29 is 35.9 Å². The van der Waals surface area contributed by atoms with E-state index in [4.69, 9.17) is 9.47 Å². The fourth-order valence-corrected chi connectivity index (χ4v) is 4.70. The number of likely N-dealkylation sites (N-methyl/N-ethyl adjacent to an activating group) is 1. The third-order valence-corrected chi connectivity index (χ3v) is 6.97. The average Bonchev–Trinajstić information content (AvgIpc) is 2.86. The third kappa shape index (κ3) is 5.68. The Morgan fingerprint density at radius 3 is 2.09 bits per heavy atom. The molecule has 0 aliphatic rings. The van der Waals surface area contributed by atoms with Crippen molar-refractivity contribution in [2.45, 2.75) is 11.1 Å². The van der Waals surface area contributed by atoms with Gasteiger partial charge in [0.15, 0.2) is 11.5 Å². The van der Waals surface area contributed by atoms with E-state index in [1.807, 2.05) is 0 Å². The molecule has 186 valence electrons. The number of anilines is 2. The number of amides is 1. The minimum atomic E-state index is -4.71. The summed E-state index contributed by atoms with van der Waals surface area (Å²) >= 11 is 0. The van der Waals surface area contributed by atoms with Gasteiger partial charge >= 0.3 is 6.18 Å². The van der Waals surface area contributed by atoms with Crippen molar-refractivity contribution in [2.24, 2.45) is 0 Å². The van der Waals surface area contributed by atoms with Crippen LogP contribution in [0.2, 0.25) is 0 Å². The second-order valence-electron chi connectivity index (χ2n) is 7.36. The van der Waals surface area contributed by atoms with Crippen LogP contribution in [-0.2, 0) is 21.0 Å². The Morgan fingerprint density at radius 1 is 0.857 bits per heavy atom. The molecule has 1 amide bonds. The maximum Gasteiger partial charge on any atom is 0.416 e. The van der Waals surface area contributed by atoms with E-state index in [9.17, 15) is 26.4 Å². The molecular weight excluding hydrogens is 485 g/mol. The number of ether oxygens (including phenoxy) is 2. The van der Waals surface area contributed by atoms with E-state index >= 15 is 0 Å². The van der Waals surface area contributed by atoms with Crippen molar-refractivity contribution in [1.82, 2.24) is 0 Å². The first-order valence-corrected chi connectivity index (χ1v) is 11.7. The van der Waals surface area contributed by atoms with Crippen LogP contribution in [0.3, 0.4) is 0 Å². The summed E-state index contributed by atoms with van der Waals surface area (Å²) in [5.41, 5.74) is -0.874. The predicted molar refractivity (Wildman–Crippen MR) is 125 cm³/mol. The number of para-hydroxylation sites is 1. The lowest BCUT2D eigenvalue weighted by atomic mass is 10.2. The molecule has 3 aromatic carbocycles. The maximum atomic E-state index is 13.6. The van der Waals surface area contributed by atoms with Gasteiger partial charge in [-0.25, -0.2) is 8.42 Å². The number of carbonyl (C=O) groups excluding carboxylic acids is 1. The summed E-state index contributed by atoms with van der Waals surface area (Å²) in [7, 11) is -0.362. The number of benzene rings is 3. The van der Waals surface area contributed by atoms with Crippen LogP contribution in [0.15, 0.2) is 77.7 Å². The number of methoxy groups -OCH3 is 2. The molecule has 0 heterocycles. The summed E-state index contributed by atoms with van der Waals surface area (Å²) in [5, 5.41) is 0. The fraction of sp³-hybridized carbons (Fsp3) is 0.208. The molecule has 0 atom stereocenters. The second-order valence-corrected chi connectivity index (χ2v) is 9.23. The molecule has 0 N–H and O–H groups in total. The van der Waals surface area contributed by atoms with Crippen LogP contribution >= 0.6 is 0 Å². The standard InChI is InChI=1S/C24H23F3N2O5S/c1-28(18-9-5-4-6-10-18)23(30)16-29(19-11-7-8-17(14-19)24(25,26)27)35(31,32)20-12-13-21(33-2)22(15-20)34-3/h4-15H,16H2,1-3H3. The predicted octanol–water partition coefficient (Wildman–Crippen LogP) is 4.58. The summed E-state index contributed by atoms with van der Waals surface area (Å²) in [6.45, 7) is -0.747. The quantitative estimate of drug-likeness (QED) is 0.445. The summed E-state index contributed by atoms with van der Waals surface area (Å²) in [4.78, 5) is 14.0. The molecule has 0 saturated carbocycles. The number of rotatable bonds is 8. The van der Waals surface area contributed by atoms with Gasteiger partial charge in [-0.05, 0) is 42.5 Å². The van der Waals surface area contributed by atoms with Crippen LogP contribution in [0, 0.1) is 0 Å². The van der Waals surface area contributed by atoms with Gasteiger partial charge in [0.1, 0.15) is 6.54 Å². The molecule has 3 rings (SSSR count). The Bertz CT molecular complexity index is 1300. The lowest BCUT2D eigenvalue weighted by molar-refractivity contribution is -0.137. The van der Waals surface area contributed by atoms with Crippen LogP contribution < -0.4 is 18.7 Å². The van der Waals surface area contributed by atoms with Gasteiger partial charge in [0.2, 0.25) is 5.91 Å². The van der Waals surface area contributed by atoms with E-state index in [1.54, 1.807) is 30.3 Å². The van der Waals surface area contributed by atoms with Crippen molar-refractivity contribution in [3.63, 3.8) is 0 Å². The normalized spacial score (nSPS) is 11.6. The number of hydrogen-bond acceptors (Lipinski definition) is 5. The Morgan fingerprint density at radius 2 is 1.49 bits per heavy atom. The topological polar surface area (TPSA) is 76.2 Å². The Hall–Kier alpha value is -3.73. The minimum absolute atomic E-state index is 0.102. The van der Waals surface area contributed by atoms with Gasteiger partial charge in [-0.2, -0.15) is 13.2 Å². The van der Waals surface area contributed by atoms with Crippen molar-refractivity contribution in [3.05, 3.63) is 78.4 Å². The highest BCUT2D eigenvalue weighted by atomic mass is 32.2. The first-order chi connectivity index (χ1) is 16.5. The van der Waals surface area contributed by atoms with Gasteiger partial charge in [0.25, 0.3) is 10.0 Å². The van der Waals surface area contributed by atoms with Gasteiger partial charge in [0, 0.05) is 18.8 Å². The van der Waals surface area contributed by atoms with E-state index in [0.29, 0.717) is 16.1 Å². The van der Waals surface area contributed by atoms with Gasteiger partial charge in [-0.3, -0.25) is 9.10 Å². The Kier molecular flexibility index (Phi) is 7.59. The summed E-state index contributed by atoms with van der Waals surface area (Å²) in [5.74, 6) is -0.292. The van der Waals surface area contributed by atoms with E-state index in [1.165, 1.54) is 50.4 Å². The highest BCUT2D eigenvalue weighted by Gasteiger charge is 2.34. The highest BCUT2D eigenvalue weighted by molar-refractivity contribution is 7.92. The number of carbonyl (C=O) groups is 1.